The highest BCUT2D eigenvalue weighted by Gasteiger charge is 2.24. The average molecular weight is 453 g/mol. The molecule has 0 radical (unpaired) electrons. The fraction of sp³-hybridized carbons (Fsp3) is 0.500. The number of carbonyl (C=O) groups is 2. The maximum Gasteiger partial charge on any atom is 0.408 e. The lowest BCUT2D eigenvalue weighted by Gasteiger charge is -2.31. The fourth-order valence-electron chi connectivity index (χ4n) is 3.77. The molecule has 2 N–H and O–H groups in total. The molecule has 0 saturated carbocycles. The van der Waals surface area contributed by atoms with Crippen LogP contribution >= 0.6 is 0 Å². The average Bonchev–Trinajstić information content (AvgIpc) is 2.77. The zero-order chi connectivity index (χ0) is 23.8. The number of carbonyl (C=O) groups excluding carboxylic acids is 2. The maximum absolute atomic E-state index is 13.0. The smallest absolute Gasteiger partial charge is 0.408 e. The largest absolute Gasteiger partial charge is 0.444 e. The molecule has 1 aromatic carbocycles. The molecule has 1 fully saturated rings. The van der Waals surface area contributed by atoms with Gasteiger partial charge in [0.2, 0.25) is 5.91 Å². The Balaban J connectivity index is 1.59. The molecular formula is C26H36N4O3. The van der Waals surface area contributed by atoms with Crippen molar-refractivity contribution in [2.24, 2.45) is 5.92 Å². The molecule has 7 heteroatoms. The normalized spacial score (nSPS) is 15.6. The highest BCUT2D eigenvalue weighted by Crippen LogP contribution is 2.21. The van der Waals surface area contributed by atoms with Crippen molar-refractivity contribution in [1.82, 2.24) is 15.6 Å². The number of pyridine rings is 1. The molecule has 7 nitrogen and oxygen atoms in total. The van der Waals surface area contributed by atoms with Crippen LogP contribution in [0.25, 0.3) is 0 Å². The first-order valence-electron chi connectivity index (χ1n) is 11.7. The van der Waals surface area contributed by atoms with Crippen molar-refractivity contribution in [2.75, 3.05) is 18.0 Å². The highest BCUT2D eigenvalue weighted by atomic mass is 16.6. The molecule has 2 aromatic rings. The minimum atomic E-state index is -0.746. The van der Waals surface area contributed by atoms with Crippen molar-refractivity contribution in [2.45, 2.75) is 65.1 Å². The number of hydrogen-bond donors (Lipinski definition) is 2. The van der Waals surface area contributed by atoms with Crippen molar-refractivity contribution >= 4 is 17.8 Å². The first kappa shape index (κ1) is 24.6. The molecule has 178 valence electrons. The number of nitrogens with zero attached hydrogens (tertiary/aromatic N) is 2. The van der Waals surface area contributed by atoms with Gasteiger partial charge in [-0.05, 0) is 56.7 Å². The van der Waals surface area contributed by atoms with Gasteiger partial charge < -0.3 is 20.3 Å². The van der Waals surface area contributed by atoms with Gasteiger partial charge in [-0.25, -0.2) is 9.78 Å². The van der Waals surface area contributed by atoms with E-state index < -0.39 is 17.7 Å². The van der Waals surface area contributed by atoms with Crippen molar-refractivity contribution in [3.8, 4) is 0 Å². The van der Waals surface area contributed by atoms with E-state index in [0.29, 0.717) is 13.0 Å². The van der Waals surface area contributed by atoms with Gasteiger partial charge in [0.25, 0.3) is 0 Å². The van der Waals surface area contributed by atoms with E-state index in [1.807, 2.05) is 42.5 Å². The van der Waals surface area contributed by atoms with Crippen LogP contribution in [-0.2, 0) is 22.5 Å². The molecule has 1 aliphatic rings. The summed E-state index contributed by atoms with van der Waals surface area (Å²) in [5, 5.41) is 5.65. The predicted molar refractivity (Wildman–Crippen MR) is 130 cm³/mol. The number of hydrogen-bond acceptors (Lipinski definition) is 5. The number of anilines is 1. The lowest BCUT2D eigenvalue weighted by Crippen LogP contribution is -2.49. The third-order valence-corrected chi connectivity index (χ3v) is 5.67. The zero-order valence-corrected chi connectivity index (χ0v) is 20.1. The van der Waals surface area contributed by atoms with Gasteiger partial charge in [0.05, 0.1) is 0 Å². The minimum Gasteiger partial charge on any atom is -0.444 e. The van der Waals surface area contributed by atoms with Gasteiger partial charge in [0, 0.05) is 32.3 Å². The molecule has 1 unspecified atom stereocenters. The van der Waals surface area contributed by atoms with Gasteiger partial charge >= 0.3 is 6.09 Å². The van der Waals surface area contributed by atoms with E-state index in [1.165, 1.54) is 12.8 Å². The van der Waals surface area contributed by atoms with Crippen LogP contribution in [-0.4, -0.2) is 41.7 Å². The minimum absolute atomic E-state index is 0.265. The van der Waals surface area contributed by atoms with Crippen LogP contribution in [0.5, 0.6) is 0 Å². The first-order chi connectivity index (χ1) is 15.7. The molecule has 33 heavy (non-hydrogen) atoms. The Morgan fingerprint density at radius 3 is 2.39 bits per heavy atom. The van der Waals surface area contributed by atoms with Crippen molar-refractivity contribution in [1.29, 1.82) is 0 Å². The Bertz CT molecular complexity index is 901. The van der Waals surface area contributed by atoms with Gasteiger partial charge in [-0.1, -0.05) is 43.3 Å². The zero-order valence-electron chi connectivity index (χ0n) is 20.1. The molecule has 0 bridgehead atoms. The molecule has 1 aliphatic heterocycles. The molecule has 1 aromatic heterocycles. The van der Waals surface area contributed by atoms with E-state index in [4.69, 9.17) is 4.74 Å². The summed E-state index contributed by atoms with van der Waals surface area (Å²) in [5.74, 6) is 1.48. The standard InChI is InChI=1S/C26H36N4O3/c1-19-12-14-30(15-13-19)23-11-10-21(17-27-23)18-28-24(31)22(16-20-8-6-5-7-9-20)29-25(32)33-26(2,3)4/h5-11,17,19,22H,12-16,18H2,1-4H3,(H,28,31)(H,29,32). The van der Waals surface area contributed by atoms with Crippen LogP contribution in [0.3, 0.4) is 0 Å². The number of rotatable bonds is 7. The van der Waals surface area contributed by atoms with Gasteiger partial charge in [0.15, 0.2) is 0 Å². The molecule has 2 amide bonds. The summed E-state index contributed by atoms with van der Waals surface area (Å²) >= 11 is 0. The van der Waals surface area contributed by atoms with Gasteiger partial charge in [-0.15, -0.1) is 0 Å². The van der Waals surface area contributed by atoms with Crippen LogP contribution < -0.4 is 15.5 Å². The number of ether oxygens (including phenoxy) is 1. The molecule has 3 rings (SSSR count). The van der Waals surface area contributed by atoms with Crippen molar-refractivity contribution < 1.29 is 14.3 Å². The Kier molecular flexibility index (Phi) is 8.31. The van der Waals surface area contributed by atoms with Crippen LogP contribution in [0.2, 0.25) is 0 Å². The van der Waals surface area contributed by atoms with E-state index in [-0.39, 0.29) is 5.91 Å². The Labute approximate surface area is 196 Å². The Morgan fingerprint density at radius 1 is 1.09 bits per heavy atom. The molecular weight excluding hydrogens is 416 g/mol. The number of nitrogens with one attached hydrogen (secondary N) is 2. The lowest BCUT2D eigenvalue weighted by atomic mass is 9.99. The fourth-order valence-corrected chi connectivity index (χ4v) is 3.77. The number of aromatic nitrogens is 1. The summed E-state index contributed by atoms with van der Waals surface area (Å²) in [4.78, 5) is 32.2. The van der Waals surface area contributed by atoms with E-state index in [1.54, 1.807) is 27.0 Å². The second kappa shape index (κ2) is 11.2. The molecule has 0 spiro atoms. The second-order valence-corrected chi connectivity index (χ2v) is 9.80. The lowest BCUT2D eigenvalue weighted by molar-refractivity contribution is -0.123. The summed E-state index contributed by atoms with van der Waals surface area (Å²) in [6.07, 6.45) is 3.94. The number of benzene rings is 1. The monoisotopic (exact) mass is 452 g/mol. The third kappa shape index (κ3) is 8.08. The van der Waals surface area contributed by atoms with Crippen LogP contribution in [0.15, 0.2) is 48.7 Å². The quantitative estimate of drug-likeness (QED) is 0.662. The van der Waals surface area contributed by atoms with Gasteiger partial charge in [0.1, 0.15) is 17.5 Å². The molecule has 1 saturated heterocycles. The van der Waals surface area contributed by atoms with Crippen LogP contribution in [0.1, 0.15) is 51.7 Å². The summed E-state index contributed by atoms with van der Waals surface area (Å²) in [5.41, 5.74) is 1.22. The Morgan fingerprint density at radius 2 is 1.79 bits per heavy atom. The third-order valence-electron chi connectivity index (χ3n) is 5.67. The van der Waals surface area contributed by atoms with Crippen molar-refractivity contribution in [3.63, 3.8) is 0 Å². The van der Waals surface area contributed by atoms with E-state index >= 15 is 0 Å². The maximum atomic E-state index is 13.0. The number of piperidine rings is 1. The Hall–Kier alpha value is -3.09. The first-order valence-corrected chi connectivity index (χ1v) is 11.7. The van der Waals surface area contributed by atoms with E-state index in [9.17, 15) is 9.59 Å². The van der Waals surface area contributed by atoms with Crippen LogP contribution in [0, 0.1) is 5.92 Å². The predicted octanol–water partition coefficient (Wildman–Crippen LogP) is 4.07. The van der Waals surface area contributed by atoms with Gasteiger partial charge in [-0.3, -0.25) is 4.79 Å². The molecule has 0 aliphatic carbocycles. The summed E-state index contributed by atoms with van der Waals surface area (Å²) in [7, 11) is 0. The highest BCUT2D eigenvalue weighted by molar-refractivity contribution is 5.86. The SMILES string of the molecule is CC1CCN(c2ccc(CNC(=O)C(Cc3ccccc3)NC(=O)OC(C)(C)C)cn2)CC1. The second-order valence-electron chi connectivity index (χ2n) is 9.80. The van der Waals surface area contributed by atoms with E-state index in [2.05, 4.69) is 27.4 Å². The summed E-state index contributed by atoms with van der Waals surface area (Å²) < 4.78 is 5.35. The molecule has 1 atom stereocenters. The number of alkyl carbamates (subject to hydrolysis) is 1. The topological polar surface area (TPSA) is 83.6 Å². The summed E-state index contributed by atoms with van der Waals surface area (Å²) in [6.45, 7) is 10.1. The summed E-state index contributed by atoms with van der Waals surface area (Å²) in [6, 6.07) is 12.9. The molecule has 2 heterocycles. The number of amides is 2. The van der Waals surface area contributed by atoms with Gasteiger partial charge in [-0.2, -0.15) is 0 Å². The van der Waals surface area contributed by atoms with E-state index in [0.717, 1.165) is 36.0 Å². The van der Waals surface area contributed by atoms with Crippen LogP contribution in [0.4, 0.5) is 10.6 Å². The van der Waals surface area contributed by atoms with Crippen molar-refractivity contribution in [3.05, 3.63) is 59.8 Å².